The molecule has 0 heterocycles. The van der Waals surface area contributed by atoms with E-state index in [0.29, 0.717) is 0 Å². The van der Waals surface area contributed by atoms with Gasteiger partial charge >= 0.3 is 0 Å². The molecule has 0 bridgehead atoms. The average Bonchev–Trinajstić information content (AvgIpc) is 2.13. The molecule has 0 radical (unpaired) electrons. The minimum atomic E-state index is -0.184. The zero-order valence-corrected chi connectivity index (χ0v) is 6.32. The van der Waals surface area contributed by atoms with Crippen LogP contribution in [0.15, 0.2) is 36.1 Å². The van der Waals surface area contributed by atoms with Crippen molar-refractivity contribution in [2.24, 2.45) is 5.92 Å². The molecular weight excluding hydrogens is 140 g/mol. The molecule has 1 unspecified atom stereocenters. The molecule has 1 aliphatic rings. The summed E-state index contributed by atoms with van der Waals surface area (Å²) in [7, 11) is 0. The lowest BCUT2D eigenvalue weighted by Crippen LogP contribution is -2.03. The maximum Gasteiger partial charge on any atom is 0.140 e. The molecule has 0 saturated carbocycles. The fourth-order valence-corrected chi connectivity index (χ4v) is 0.867. The van der Waals surface area contributed by atoms with E-state index in [1.165, 1.54) is 13.0 Å². The summed E-state index contributed by atoms with van der Waals surface area (Å²) in [6, 6.07) is 0. The highest BCUT2D eigenvalue weighted by molar-refractivity contribution is 5.82. The minimum absolute atomic E-state index is 0.0839. The summed E-state index contributed by atoms with van der Waals surface area (Å²) in [5, 5.41) is 9.00. The summed E-state index contributed by atoms with van der Waals surface area (Å²) in [5.41, 5.74) is 0. The fraction of sp³-hybridized carbons (Fsp3) is 0.222. The number of rotatable bonds is 1. The van der Waals surface area contributed by atoms with Gasteiger partial charge in [0, 0.05) is 0 Å². The van der Waals surface area contributed by atoms with E-state index in [0.717, 1.165) is 0 Å². The summed E-state index contributed by atoms with van der Waals surface area (Å²) < 4.78 is 0. The summed E-state index contributed by atoms with van der Waals surface area (Å²) in [5.74, 6) is 0.0847. The molecule has 1 atom stereocenters. The van der Waals surface area contributed by atoms with Gasteiger partial charge in [-0.05, 0) is 19.1 Å². The standard InChI is InChI=1S/C9H10O2/c1-7(10)8-3-2-4-9(11)6-5-8/h2-6,8,11H,1H3. The van der Waals surface area contributed by atoms with Gasteiger partial charge in [0.1, 0.15) is 11.5 Å². The van der Waals surface area contributed by atoms with Gasteiger partial charge in [-0.25, -0.2) is 0 Å². The molecule has 0 spiro atoms. The number of aliphatic hydroxyl groups is 1. The van der Waals surface area contributed by atoms with Crippen LogP contribution in [-0.2, 0) is 4.79 Å². The van der Waals surface area contributed by atoms with Gasteiger partial charge < -0.3 is 5.11 Å². The number of Topliss-reactive ketones (excluding diaryl/α,β-unsaturated/α-hetero) is 1. The molecule has 58 valence electrons. The quantitative estimate of drug-likeness (QED) is 0.618. The van der Waals surface area contributed by atoms with Crippen molar-refractivity contribution >= 4 is 5.78 Å². The number of hydrogen-bond acceptors (Lipinski definition) is 2. The van der Waals surface area contributed by atoms with Gasteiger partial charge in [-0.15, -0.1) is 0 Å². The van der Waals surface area contributed by atoms with E-state index in [-0.39, 0.29) is 17.5 Å². The minimum Gasteiger partial charge on any atom is -0.508 e. The molecule has 0 aromatic rings. The van der Waals surface area contributed by atoms with Crippen molar-refractivity contribution in [2.45, 2.75) is 6.92 Å². The second-order valence-electron chi connectivity index (χ2n) is 2.47. The number of carbonyl (C=O) groups excluding carboxylic acids is 1. The molecule has 0 aliphatic heterocycles. The molecule has 0 aromatic heterocycles. The largest absolute Gasteiger partial charge is 0.508 e. The average molecular weight is 150 g/mol. The van der Waals surface area contributed by atoms with Crippen LogP contribution in [0.4, 0.5) is 0 Å². The van der Waals surface area contributed by atoms with Crippen LogP contribution >= 0.6 is 0 Å². The van der Waals surface area contributed by atoms with Crippen LogP contribution in [0, 0.1) is 5.92 Å². The van der Waals surface area contributed by atoms with E-state index < -0.39 is 0 Å². The first-order valence-corrected chi connectivity index (χ1v) is 3.46. The lowest BCUT2D eigenvalue weighted by molar-refractivity contribution is -0.118. The summed E-state index contributed by atoms with van der Waals surface area (Å²) in [6.45, 7) is 1.53. The third-order valence-corrected chi connectivity index (χ3v) is 1.53. The van der Waals surface area contributed by atoms with E-state index in [4.69, 9.17) is 5.11 Å². The van der Waals surface area contributed by atoms with E-state index in [9.17, 15) is 4.79 Å². The van der Waals surface area contributed by atoms with Crippen molar-refractivity contribution in [3.05, 3.63) is 36.1 Å². The highest BCUT2D eigenvalue weighted by Crippen LogP contribution is 2.08. The van der Waals surface area contributed by atoms with Gasteiger partial charge in [-0.1, -0.05) is 18.2 Å². The highest BCUT2D eigenvalue weighted by Gasteiger charge is 2.06. The van der Waals surface area contributed by atoms with Crippen molar-refractivity contribution in [1.82, 2.24) is 0 Å². The van der Waals surface area contributed by atoms with E-state index >= 15 is 0 Å². The Balaban J connectivity index is 2.79. The van der Waals surface area contributed by atoms with Gasteiger partial charge in [0.2, 0.25) is 0 Å². The Morgan fingerprint density at radius 2 is 2.27 bits per heavy atom. The SMILES string of the molecule is CC(=O)C1C=CC=C(O)C=C1. The second kappa shape index (κ2) is 3.19. The molecule has 1 aliphatic carbocycles. The molecule has 2 nitrogen and oxygen atoms in total. The van der Waals surface area contributed by atoms with E-state index in [1.807, 2.05) is 0 Å². The first kappa shape index (κ1) is 7.79. The molecule has 0 aromatic carbocycles. The maximum absolute atomic E-state index is 10.9. The van der Waals surface area contributed by atoms with Gasteiger partial charge in [-0.2, -0.15) is 0 Å². The van der Waals surface area contributed by atoms with Gasteiger partial charge in [0.15, 0.2) is 0 Å². The predicted molar refractivity (Wildman–Crippen MR) is 43.2 cm³/mol. The Hall–Kier alpha value is -1.31. The number of carbonyl (C=O) groups is 1. The Kier molecular flexibility index (Phi) is 2.26. The van der Waals surface area contributed by atoms with Crippen LogP contribution in [0.2, 0.25) is 0 Å². The van der Waals surface area contributed by atoms with Crippen LogP contribution in [0.3, 0.4) is 0 Å². The first-order chi connectivity index (χ1) is 5.20. The lowest BCUT2D eigenvalue weighted by Gasteiger charge is -1.98. The lowest BCUT2D eigenvalue weighted by atomic mass is 10.1. The molecule has 0 amide bonds. The van der Waals surface area contributed by atoms with Crippen LogP contribution in [0.5, 0.6) is 0 Å². The first-order valence-electron chi connectivity index (χ1n) is 3.46. The van der Waals surface area contributed by atoms with Crippen LogP contribution < -0.4 is 0 Å². The summed E-state index contributed by atoms with van der Waals surface area (Å²) in [4.78, 5) is 10.9. The molecule has 0 fully saturated rings. The summed E-state index contributed by atoms with van der Waals surface area (Å²) in [6.07, 6.45) is 8.20. The smallest absolute Gasteiger partial charge is 0.140 e. The Bertz CT molecular complexity index is 246. The number of ketones is 1. The fourth-order valence-electron chi connectivity index (χ4n) is 0.867. The number of aliphatic hydroxyl groups excluding tert-OH is 1. The Labute approximate surface area is 65.5 Å². The molecular formula is C9H10O2. The monoisotopic (exact) mass is 150 g/mol. The third-order valence-electron chi connectivity index (χ3n) is 1.53. The van der Waals surface area contributed by atoms with Crippen LogP contribution in [-0.4, -0.2) is 10.9 Å². The van der Waals surface area contributed by atoms with Crippen molar-refractivity contribution in [1.29, 1.82) is 0 Å². The zero-order chi connectivity index (χ0) is 8.27. The molecule has 1 rings (SSSR count). The second-order valence-corrected chi connectivity index (χ2v) is 2.47. The van der Waals surface area contributed by atoms with Gasteiger partial charge in [0.25, 0.3) is 0 Å². The Morgan fingerprint density at radius 3 is 2.91 bits per heavy atom. The zero-order valence-electron chi connectivity index (χ0n) is 6.32. The summed E-state index contributed by atoms with van der Waals surface area (Å²) >= 11 is 0. The van der Waals surface area contributed by atoms with Crippen molar-refractivity contribution in [3.63, 3.8) is 0 Å². The highest BCUT2D eigenvalue weighted by atomic mass is 16.3. The molecule has 11 heavy (non-hydrogen) atoms. The maximum atomic E-state index is 10.9. The third kappa shape index (κ3) is 2.08. The van der Waals surface area contributed by atoms with E-state index in [1.54, 1.807) is 24.3 Å². The van der Waals surface area contributed by atoms with Crippen LogP contribution in [0.1, 0.15) is 6.92 Å². The van der Waals surface area contributed by atoms with Gasteiger partial charge in [-0.3, -0.25) is 4.79 Å². The number of hydrogen-bond donors (Lipinski definition) is 1. The van der Waals surface area contributed by atoms with Crippen molar-refractivity contribution in [2.75, 3.05) is 0 Å². The Morgan fingerprint density at radius 1 is 1.55 bits per heavy atom. The molecule has 0 saturated heterocycles. The van der Waals surface area contributed by atoms with Crippen molar-refractivity contribution in [3.8, 4) is 0 Å². The number of allylic oxidation sites excluding steroid dienone is 5. The predicted octanol–water partition coefficient (Wildman–Crippen LogP) is 1.76. The topological polar surface area (TPSA) is 37.3 Å². The molecule has 2 heteroatoms. The van der Waals surface area contributed by atoms with Crippen LogP contribution in [0.25, 0.3) is 0 Å². The molecule has 1 N–H and O–H groups in total. The normalized spacial score (nSPS) is 22.6. The van der Waals surface area contributed by atoms with Crippen molar-refractivity contribution < 1.29 is 9.90 Å². The van der Waals surface area contributed by atoms with E-state index in [2.05, 4.69) is 0 Å². The van der Waals surface area contributed by atoms with Gasteiger partial charge in [0.05, 0.1) is 5.92 Å².